The maximum Gasteiger partial charge on any atom is 0.0479 e. The van der Waals surface area contributed by atoms with Gasteiger partial charge in [0.05, 0.1) is 0 Å². The lowest BCUT2D eigenvalue weighted by atomic mass is 10.3. The molecule has 0 aliphatic heterocycles. The van der Waals surface area contributed by atoms with Gasteiger partial charge in [-0.15, -0.1) is 6.58 Å². The van der Waals surface area contributed by atoms with Gasteiger partial charge in [0.15, 0.2) is 0 Å². The van der Waals surface area contributed by atoms with E-state index in [1.165, 1.54) is 0 Å². The lowest BCUT2D eigenvalue weighted by Gasteiger charge is -2.05. The van der Waals surface area contributed by atoms with Gasteiger partial charge in [0.2, 0.25) is 0 Å². The van der Waals surface area contributed by atoms with E-state index in [9.17, 15) is 0 Å². The van der Waals surface area contributed by atoms with Gasteiger partial charge in [-0.05, 0) is 19.1 Å². The lowest BCUT2D eigenvalue weighted by Crippen LogP contribution is -1.96. The van der Waals surface area contributed by atoms with Crippen LogP contribution in [0.3, 0.4) is 0 Å². The van der Waals surface area contributed by atoms with Crippen LogP contribution in [0, 0.1) is 0 Å². The zero-order valence-corrected chi connectivity index (χ0v) is 5.62. The van der Waals surface area contributed by atoms with Gasteiger partial charge in [0.25, 0.3) is 0 Å². The SMILES string of the molecule is C=CC(C)n1cccc1. The minimum atomic E-state index is 0.417. The molecule has 0 amide bonds. The summed E-state index contributed by atoms with van der Waals surface area (Å²) in [5, 5.41) is 0. The first-order chi connectivity index (χ1) is 4.34. The molecule has 0 bridgehead atoms. The van der Waals surface area contributed by atoms with Crippen LogP contribution >= 0.6 is 0 Å². The minimum absolute atomic E-state index is 0.417. The fourth-order valence-electron chi connectivity index (χ4n) is 0.741. The van der Waals surface area contributed by atoms with Crippen LogP contribution in [0.1, 0.15) is 13.0 Å². The molecule has 1 rings (SSSR count). The first-order valence-corrected chi connectivity index (χ1v) is 3.09. The van der Waals surface area contributed by atoms with Crippen LogP contribution in [-0.2, 0) is 0 Å². The molecule has 1 atom stereocenters. The summed E-state index contributed by atoms with van der Waals surface area (Å²) < 4.78 is 2.10. The zero-order chi connectivity index (χ0) is 6.69. The lowest BCUT2D eigenvalue weighted by molar-refractivity contribution is 0.666. The second-order valence-electron chi connectivity index (χ2n) is 2.11. The fraction of sp³-hybridized carbons (Fsp3) is 0.250. The molecule has 0 aliphatic rings. The molecule has 0 aliphatic carbocycles. The van der Waals surface area contributed by atoms with Crippen molar-refractivity contribution in [2.75, 3.05) is 0 Å². The van der Waals surface area contributed by atoms with Gasteiger partial charge >= 0.3 is 0 Å². The summed E-state index contributed by atoms with van der Waals surface area (Å²) in [5.74, 6) is 0. The van der Waals surface area contributed by atoms with Crippen molar-refractivity contribution < 1.29 is 0 Å². The molecule has 0 radical (unpaired) electrons. The zero-order valence-electron chi connectivity index (χ0n) is 5.62. The largest absolute Gasteiger partial charge is 0.348 e. The molecular formula is C8H11N. The van der Waals surface area contributed by atoms with Gasteiger partial charge in [-0.25, -0.2) is 0 Å². The summed E-state index contributed by atoms with van der Waals surface area (Å²) in [7, 11) is 0. The van der Waals surface area contributed by atoms with Crippen LogP contribution in [0.15, 0.2) is 37.2 Å². The Morgan fingerprint density at radius 3 is 2.44 bits per heavy atom. The Morgan fingerprint density at radius 2 is 2.00 bits per heavy atom. The first kappa shape index (κ1) is 6.14. The van der Waals surface area contributed by atoms with Crippen LogP contribution < -0.4 is 0 Å². The average Bonchev–Trinajstić information content (AvgIpc) is 2.37. The van der Waals surface area contributed by atoms with Crippen molar-refractivity contribution in [1.29, 1.82) is 0 Å². The van der Waals surface area contributed by atoms with Gasteiger partial charge in [-0.3, -0.25) is 0 Å². The van der Waals surface area contributed by atoms with Crippen molar-refractivity contribution in [3.05, 3.63) is 37.2 Å². The molecule has 1 heteroatoms. The average molecular weight is 121 g/mol. The Morgan fingerprint density at radius 1 is 1.44 bits per heavy atom. The van der Waals surface area contributed by atoms with E-state index in [0.29, 0.717) is 6.04 Å². The Balaban J connectivity index is 2.76. The van der Waals surface area contributed by atoms with E-state index in [4.69, 9.17) is 0 Å². The summed E-state index contributed by atoms with van der Waals surface area (Å²) >= 11 is 0. The van der Waals surface area contributed by atoms with E-state index in [1.54, 1.807) is 0 Å². The summed E-state index contributed by atoms with van der Waals surface area (Å²) in [6.07, 6.45) is 5.98. The van der Waals surface area contributed by atoms with Crippen molar-refractivity contribution in [1.82, 2.24) is 4.57 Å². The number of hydrogen-bond donors (Lipinski definition) is 0. The molecule has 0 saturated heterocycles. The Hall–Kier alpha value is -0.980. The Labute approximate surface area is 55.6 Å². The highest BCUT2D eigenvalue weighted by Gasteiger charge is 1.92. The standard InChI is InChI=1S/C8H11N/c1-3-8(2)9-6-4-5-7-9/h3-8H,1H2,2H3. The maximum absolute atomic E-state index is 3.70. The highest BCUT2D eigenvalue weighted by atomic mass is 15.0. The van der Waals surface area contributed by atoms with Crippen molar-refractivity contribution in [3.8, 4) is 0 Å². The molecule has 0 fully saturated rings. The van der Waals surface area contributed by atoms with Crippen molar-refractivity contribution in [2.45, 2.75) is 13.0 Å². The normalized spacial score (nSPS) is 13.0. The number of aromatic nitrogens is 1. The van der Waals surface area contributed by atoms with Crippen LogP contribution in [0.2, 0.25) is 0 Å². The molecule has 9 heavy (non-hydrogen) atoms. The molecule has 0 saturated carbocycles. The molecule has 1 unspecified atom stereocenters. The summed E-state index contributed by atoms with van der Waals surface area (Å²) in [5.41, 5.74) is 0. The molecule has 1 nitrogen and oxygen atoms in total. The molecule has 1 aromatic rings. The number of hydrogen-bond acceptors (Lipinski definition) is 0. The Kier molecular flexibility index (Phi) is 1.73. The minimum Gasteiger partial charge on any atom is -0.348 e. The van der Waals surface area contributed by atoms with Crippen LogP contribution in [0.4, 0.5) is 0 Å². The predicted molar refractivity (Wildman–Crippen MR) is 39.3 cm³/mol. The summed E-state index contributed by atoms with van der Waals surface area (Å²) in [4.78, 5) is 0. The summed E-state index contributed by atoms with van der Waals surface area (Å²) in [6.45, 7) is 5.80. The molecular weight excluding hydrogens is 110 g/mol. The number of rotatable bonds is 2. The second kappa shape index (κ2) is 2.53. The fourth-order valence-corrected chi connectivity index (χ4v) is 0.741. The third kappa shape index (κ3) is 1.22. The van der Waals surface area contributed by atoms with E-state index in [1.807, 2.05) is 30.6 Å². The molecule has 0 spiro atoms. The van der Waals surface area contributed by atoms with Gasteiger partial charge in [0, 0.05) is 18.4 Å². The highest BCUT2D eigenvalue weighted by molar-refractivity contribution is 4.95. The molecule has 0 N–H and O–H groups in total. The van der Waals surface area contributed by atoms with Gasteiger partial charge in [-0.2, -0.15) is 0 Å². The van der Waals surface area contributed by atoms with Crippen LogP contribution in [0.5, 0.6) is 0 Å². The second-order valence-corrected chi connectivity index (χ2v) is 2.11. The van der Waals surface area contributed by atoms with Crippen molar-refractivity contribution >= 4 is 0 Å². The maximum atomic E-state index is 3.70. The smallest absolute Gasteiger partial charge is 0.0479 e. The van der Waals surface area contributed by atoms with Crippen LogP contribution in [-0.4, -0.2) is 4.57 Å². The molecule has 0 aromatic carbocycles. The van der Waals surface area contributed by atoms with Crippen molar-refractivity contribution in [3.63, 3.8) is 0 Å². The monoisotopic (exact) mass is 121 g/mol. The van der Waals surface area contributed by atoms with Gasteiger partial charge in [0.1, 0.15) is 0 Å². The van der Waals surface area contributed by atoms with Gasteiger partial charge in [-0.1, -0.05) is 6.08 Å². The number of nitrogens with zero attached hydrogens (tertiary/aromatic N) is 1. The quantitative estimate of drug-likeness (QED) is 0.529. The van der Waals surface area contributed by atoms with Crippen molar-refractivity contribution in [2.24, 2.45) is 0 Å². The predicted octanol–water partition coefficient (Wildman–Crippen LogP) is 2.24. The van der Waals surface area contributed by atoms with E-state index in [-0.39, 0.29) is 0 Å². The van der Waals surface area contributed by atoms with E-state index in [2.05, 4.69) is 18.1 Å². The third-order valence-corrected chi connectivity index (χ3v) is 1.44. The van der Waals surface area contributed by atoms with Crippen LogP contribution in [0.25, 0.3) is 0 Å². The third-order valence-electron chi connectivity index (χ3n) is 1.44. The topological polar surface area (TPSA) is 4.93 Å². The Bertz CT molecular complexity index is 174. The van der Waals surface area contributed by atoms with E-state index >= 15 is 0 Å². The highest BCUT2D eigenvalue weighted by Crippen LogP contribution is 2.04. The van der Waals surface area contributed by atoms with E-state index in [0.717, 1.165) is 0 Å². The van der Waals surface area contributed by atoms with Gasteiger partial charge < -0.3 is 4.57 Å². The molecule has 1 aromatic heterocycles. The van der Waals surface area contributed by atoms with E-state index < -0.39 is 0 Å². The molecule has 1 heterocycles. The first-order valence-electron chi connectivity index (χ1n) is 3.09. The molecule has 48 valence electrons. The summed E-state index contributed by atoms with van der Waals surface area (Å²) in [6, 6.07) is 4.44. The number of allylic oxidation sites excluding steroid dienone is 1.